The fourth-order valence-electron chi connectivity index (χ4n) is 2.83. The van der Waals surface area contributed by atoms with Gasteiger partial charge in [0, 0.05) is 19.7 Å². The number of ether oxygens (including phenoxy) is 2. The second-order valence-electron chi connectivity index (χ2n) is 6.53. The average Bonchev–Trinajstić information content (AvgIpc) is 3.34. The minimum atomic E-state index is -4.66. The van der Waals surface area contributed by atoms with Crippen LogP contribution >= 0.6 is 0 Å². The molecule has 0 radical (unpaired) electrons. The van der Waals surface area contributed by atoms with Crippen molar-refractivity contribution < 1.29 is 31.1 Å². The van der Waals surface area contributed by atoms with Gasteiger partial charge in [0.1, 0.15) is 11.4 Å². The lowest BCUT2D eigenvalue weighted by Crippen LogP contribution is -2.29. The van der Waals surface area contributed by atoms with Crippen LogP contribution in [0.3, 0.4) is 0 Å². The zero-order chi connectivity index (χ0) is 21.7. The Balaban J connectivity index is 1.92. The number of nitrogens with zero attached hydrogens (tertiary/aromatic N) is 4. The van der Waals surface area contributed by atoms with E-state index in [9.17, 15) is 21.6 Å². The first-order valence-electron chi connectivity index (χ1n) is 8.55. The lowest BCUT2D eigenvalue weighted by molar-refractivity contribution is -0.141. The van der Waals surface area contributed by atoms with Gasteiger partial charge in [-0.05, 0) is 29.8 Å². The number of halogens is 3. The fraction of sp³-hybridized carbons (Fsp3) is 0.222. The molecular weight excluding hydrogens is 425 g/mol. The SMILES string of the molecule is CN(C)S(=O)(=O)n1cc(-c2ccc3c(c2)OCO3)c(-c2cccc(C(F)(F)F)n2)n1. The van der Waals surface area contributed by atoms with Crippen LogP contribution in [-0.4, -0.2) is 47.8 Å². The summed E-state index contributed by atoms with van der Waals surface area (Å²) in [6, 6.07) is 8.21. The molecule has 158 valence electrons. The molecule has 8 nitrogen and oxygen atoms in total. The van der Waals surface area contributed by atoms with Crippen LogP contribution in [0.15, 0.2) is 42.6 Å². The molecule has 30 heavy (non-hydrogen) atoms. The molecule has 0 amide bonds. The number of alkyl halides is 3. The average molecular weight is 440 g/mol. The number of aromatic nitrogens is 3. The van der Waals surface area contributed by atoms with Gasteiger partial charge in [0.25, 0.3) is 0 Å². The maximum Gasteiger partial charge on any atom is 0.433 e. The molecule has 0 saturated carbocycles. The number of benzene rings is 1. The van der Waals surface area contributed by atoms with E-state index in [2.05, 4.69) is 10.1 Å². The molecule has 0 aliphatic carbocycles. The predicted molar refractivity (Wildman–Crippen MR) is 100 cm³/mol. The molecule has 12 heteroatoms. The normalized spacial score (nSPS) is 13.8. The summed E-state index contributed by atoms with van der Waals surface area (Å²) in [5.41, 5.74) is -0.503. The van der Waals surface area contributed by atoms with Gasteiger partial charge in [-0.15, -0.1) is 0 Å². The van der Waals surface area contributed by atoms with Crippen molar-refractivity contribution in [3.8, 4) is 34.0 Å². The first-order valence-corrected chi connectivity index (χ1v) is 9.94. The lowest BCUT2D eigenvalue weighted by atomic mass is 10.0. The van der Waals surface area contributed by atoms with E-state index in [1.165, 1.54) is 32.4 Å². The highest BCUT2D eigenvalue weighted by molar-refractivity contribution is 7.87. The van der Waals surface area contributed by atoms with Crippen molar-refractivity contribution >= 4 is 10.2 Å². The van der Waals surface area contributed by atoms with E-state index in [0.29, 0.717) is 21.1 Å². The highest BCUT2D eigenvalue weighted by Gasteiger charge is 2.33. The van der Waals surface area contributed by atoms with Crippen molar-refractivity contribution in [3.05, 3.63) is 48.3 Å². The molecular formula is C18H15F3N4O4S. The maximum absolute atomic E-state index is 13.1. The zero-order valence-corrected chi connectivity index (χ0v) is 16.5. The summed E-state index contributed by atoms with van der Waals surface area (Å²) in [5.74, 6) is 0.935. The fourth-order valence-corrected chi connectivity index (χ4v) is 3.59. The maximum atomic E-state index is 13.1. The first kappa shape index (κ1) is 20.2. The van der Waals surface area contributed by atoms with Crippen molar-refractivity contribution in [1.82, 2.24) is 18.5 Å². The molecule has 0 bridgehead atoms. The van der Waals surface area contributed by atoms with Crippen molar-refractivity contribution in [2.24, 2.45) is 0 Å². The largest absolute Gasteiger partial charge is 0.454 e. The molecule has 4 rings (SSSR count). The first-order chi connectivity index (χ1) is 14.1. The van der Waals surface area contributed by atoms with E-state index in [1.54, 1.807) is 18.2 Å². The van der Waals surface area contributed by atoms with E-state index < -0.39 is 22.1 Å². The number of hydrogen-bond acceptors (Lipinski definition) is 6. The molecule has 0 N–H and O–H groups in total. The Bertz CT molecular complexity index is 1220. The quantitative estimate of drug-likeness (QED) is 0.620. The number of fused-ring (bicyclic) bond motifs is 1. The second kappa shape index (κ2) is 6.99. The Morgan fingerprint density at radius 3 is 2.53 bits per heavy atom. The van der Waals surface area contributed by atoms with Crippen LogP contribution in [0.2, 0.25) is 0 Å². The number of hydrogen-bond donors (Lipinski definition) is 0. The topological polar surface area (TPSA) is 86.6 Å². The summed E-state index contributed by atoms with van der Waals surface area (Å²) in [4.78, 5) is 3.65. The molecule has 0 unspecified atom stereocenters. The highest BCUT2D eigenvalue weighted by atomic mass is 32.2. The number of rotatable bonds is 4. The monoisotopic (exact) mass is 440 g/mol. The Labute approximate surface area is 169 Å². The summed E-state index contributed by atoms with van der Waals surface area (Å²) in [6.07, 6.45) is -3.43. The summed E-state index contributed by atoms with van der Waals surface area (Å²) in [5, 5.41) is 4.05. The van der Waals surface area contributed by atoms with Crippen LogP contribution in [0.1, 0.15) is 5.69 Å². The Morgan fingerprint density at radius 1 is 1.10 bits per heavy atom. The summed E-state index contributed by atoms with van der Waals surface area (Å²) in [6.45, 7) is 0.0368. The third-order valence-corrected chi connectivity index (χ3v) is 5.94. The van der Waals surface area contributed by atoms with Crippen molar-refractivity contribution in [2.45, 2.75) is 6.18 Å². The van der Waals surface area contributed by atoms with Crippen molar-refractivity contribution in [1.29, 1.82) is 0 Å². The smallest absolute Gasteiger partial charge is 0.433 e. The summed E-state index contributed by atoms with van der Waals surface area (Å²) >= 11 is 0. The van der Waals surface area contributed by atoms with Gasteiger partial charge in [-0.2, -0.15) is 35.1 Å². The zero-order valence-electron chi connectivity index (χ0n) is 15.7. The van der Waals surface area contributed by atoms with Gasteiger partial charge < -0.3 is 9.47 Å². The third-order valence-electron chi connectivity index (χ3n) is 4.36. The molecule has 1 aromatic carbocycles. The van der Waals surface area contributed by atoms with Gasteiger partial charge in [-0.3, -0.25) is 0 Å². The van der Waals surface area contributed by atoms with Gasteiger partial charge in [0.2, 0.25) is 6.79 Å². The molecule has 0 fully saturated rings. The van der Waals surface area contributed by atoms with Crippen LogP contribution in [0, 0.1) is 0 Å². The van der Waals surface area contributed by atoms with Gasteiger partial charge in [0.15, 0.2) is 11.5 Å². The van der Waals surface area contributed by atoms with Crippen LogP contribution in [0.4, 0.5) is 13.2 Å². The Kier molecular flexibility index (Phi) is 4.70. The molecule has 3 heterocycles. The molecule has 1 aliphatic rings. The molecule has 2 aromatic heterocycles. The van der Waals surface area contributed by atoms with E-state index in [4.69, 9.17) is 9.47 Å². The van der Waals surface area contributed by atoms with Gasteiger partial charge in [-0.1, -0.05) is 12.1 Å². The van der Waals surface area contributed by atoms with E-state index in [0.717, 1.165) is 10.4 Å². The van der Waals surface area contributed by atoms with Gasteiger partial charge in [0.05, 0.1) is 11.9 Å². The van der Waals surface area contributed by atoms with Crippen LogP contribution in [0.5, 0.6) is 11.5 Å². The van der Waals surface area contributed by atoms with Gasteiger partial charge >= 0.3 is 16.4 Å². The number of pyridine rings is 1. The van der Waals surface area contributed by atoms with Crippen molar-refractivity contribution in [3.63, 3.8) is 0 Å². The standard InChI is InChI=1S/C18H15F3N4O4S/c1-24(2)30(26,27)25-9-12(11-6-7-14-15(8-11)29-10-28-14)17(23-25)13-4-3-5-16(22-13)18(19,20)21/h3-9H,10H2,1-2H3. The van der Waals surface area contributed by atoms with Crippen LogP contribution in [-0.2, 0) is 16.4 Å². The lowest BCUT2D eigenvalue weighted by Gasteiger charge is -2.10. The summed E-state index contributed by atoms with van der Waals surface area (Å²) < 4.78 is 76.8. The molecule has 0 atom stereocenters. The second-order valence-corrected chi connectivity index (χ2v) is 8.53. The minimum Gasteiger partial charge on any atom is -0.454 e. The van der Waals surface area contributed by atoms with E-state index in [1.807, 2.05) is 0 Å². The van der Waals surface area contributed by atoms with Gasteiger partial charge in [-0.25, -0.2) is 4.98 Å². The highest BCUT2D eigenvalue weighted by Crippen LogP contribution is 2.39. The molecule has 0 saturated heterocycles. The Hall–Kier alpha value is -3.12. The minimum absolute atomic E-state index is 0.0228. The van der Waals surface area contributed by atoms with E-state index >= 15 is 0 Å². The van der Waals surface area contributed by atoms with Crippen LogP contribution in [0.25, 0.3) is 22.5 Å². The third kappa shape index (κ3) is 3.48. The Morgan fingerprint density at radius 2 is 1.83 bits per heavy atom. The van der Waals surface area contributed by atoms with Crippen molar-refractivity contribution in [2.75, 3.05) is 20.9 Å². The summed E-state index contributed by atoms with van der Waals surface area (Å²) in [7, 11) is -1.37. The van der Waals surface area contributed by atoms with E-state index in [-0.39, 0.29) is 23.7 Å². The molecule has 1 aliphatic heterocycles. The predicted octanol–water partition coefficient (Wildman–Crippen LogP) is 3.01. The molecule has 3 aromatic rings. The molecule has 0 spiro atoms. The van der Waals surface area contributed by atoms with Crippen LogP contribution < -0.4 is 9.47 Å².